The molecule has 1 aliphatic rings. The van der Waals surface area contributed by atoms with E-state index in [9.17, 15) is 9.18 Å². The minimum atomic E-state index is -0.450. The zero-order valence-corrected chi connectivity index (χ0v) is 9.11. The lowest BCUT2D eigenvalue weighted by atomic mass is 10.1. The first-order valence-electron chi connectivity index (χ1n) is 5.59. The molecule has 0 spiro atoms. The minimum Gasteiger partial charge on any atom is -0.450 e. The smallest absolute Gasteiger partial charge is 0.226 e. The summed E-state index contributed by atoms with van der Waals surface area (Å²) in [5.41, 5.74) is 0.133. The maximum absolute atomic E-state index is 13.4. The number of halogens is 1. The molecule has 0 saturated carbocycles. The van der Waals surface area contributed by atoms with E-state index in [4.69, 9.17) is 9.15 Å². The van der Waals surface area contributed by atoms with Crippen LogP contribution in [0.15, 0.2) is 28.7 Å². The molecular weight excluding hydrogens is 223 g/mol. The summed E-state index contributed by atoms with van der Waals surface area (Å²) in [4.78, 5) is 12.0. The van der Waals surface area contributed by atoms with Gasteiger partial charge in [-0.15, -0.1) is 0 Å². The highest BCUT2D eigenvalue weighted by Gasteiger charge is 2.27. The first-order valence-corrected chi connectivity index (χ1v) is 5.59. The van der Waals surface area contributed by atoms with Gasteiger partial charge in [0.05, 0.1) is 0 Å². The Morgan fingerprint density at radius 3 is 3.00 bits per heavy atom. The van der Waals surface area contributed by atoms with Crippen LogP contribution in [-0.2, 0) is 4.74 Å². The number of rotatable bonds is 2. The largest absolute Gasteiger partial charge is 0.450 e. The maximum atomic E-state index is 13.4. The Hall–Kier alpha value is -1.68. The van der Waals surface area contributed by atoms with Gasteiger partial charge < -0.3 is 9.15 Å². The molecule has 1 saturated heterocycles. The molecule has 1 aromatic carbocycles. The second kappa shape index (κ2) is 3.96. The Labute approximate surface area is 97.2 Å². The number of para-hydroxylation sites is 1. The number of carbonyl (C=O) groups is 1. The van der Waals surface area contributed by atoms with E-state index in [-0.39, 0.29) is 17.1 Å². The zero-order valence-electron chi connectivity index (χ0n) is 9.11. The lowest BCUT2D eigenvalue weighted by Crippen LogP contribution is -2.18. The van der Waals surface area contributed by atoms with Gasteiger partial charge in [-0.2, -0.15) is 0 Å². The summed E-state index contributed by atoms with van der Waals surface area (Å²) in [6.45, 7) is 0.602. The fourth-order valence-corrected chi connectivity index (χ4v) is 2.09. The first-order chi connectivity index (χ1) is 8.25. The third-order valence-corrected chi connectivity index (χ3v) is 2.96. The van der Waals surface area contributed by atoms with E-state index in [1.807, 2.05) is 0 Å². The maximum Gasteiger partial charge on any atom is 0.226 e. The van der Waals surface area contributed by atoms with Gasteiger partial charge in [0.25, 0.3) is 0 Å². The van der Waals surface area contributed by atoms with Crippen LogP contribution in [0.3, 0.4) is 0 Å². The molecule has 3 rings (SSSR count). The summed E-state index contributed by atoms with van der Waals surface area (Å²) in [6.07, 6.45) is 1.15. The third kappa shape index (κ3) is 1.74. The third-order valence-electron chi connectivity index (χ3n) is 2.96. The van der Waals surface area contributed by atoms with Crippen LogP contribution in [0.25, 0.3) is 11.0 Å². The first kappa shape index (κ1) is 10.5. The molecule has 1 fully saturated rings. The average Bonchev–Trinajstić information content (AvgIpc) is 2.98. The van der Waals surface area contributed by atoms with E-state index in [0.29, 0.717) is 18.4 Å². The van der Waals surface area contributed by atoms with Crippen molar-refractivity contribution in [1.82, 2.24) is 0 Å². The van der Waals surface area contributed by atoms with E-state index in [2.05, 4.69) is 0 Å². The summed E-state index contributed by atoms with van der Waals surface area (Å²) >= 11 is 0. The predicted molar refractivity (Wildman–Crippen MR) is 59.5 cm³/mol. The normalized spacial score (nSPS) is 19.9. The van der Waals surface area contributed by atoms with Gasteiger partial charge in [0.15, 0.2) is 17.2 Å². The number of hydrogen-bond acceptors (Lipinski definition) is 3. The van der Waals surface area contributed by atoms with Gasteiger partial charge in [0.1, 0.15) is 6.10 Å². The summed E-state index contributed by atoms with van der Waals surface area (Å²) in [5, 5.41) is 0.603. The highest BCUT2D eigenvalue weighted by atomic mass is 19.1. The highest BCUT2D eigenvalue weighted by molar-refractivity contribution is 6.00. The number of hydrogen-bond donors (Lipinski definition) is 0. The lowest BCUT2D eigenvalue weighted by molar-refractivity contribution is 0.0617. The molecule has 17 heavy (non-hydrogen) atoms. The van der Waals surface area contributed by atoms with Crippen molar-refractivity contribution in [3.63, 3.8) is 0 Å². The topological polar surface area (TPSA) is 39.4 Å². The number of carbonyl (C=O) groups excluding carboxylic acids is 1. The Balaban J connectivity index is 2.00. The Morgan fingerprint density at radius 2 is 2.29 bits per heavy atom. The van der Waals surface area contributed by atoms with E-state index in [0.717, 1.165) is 6.42 Å². The lowest BCUT2D eigenvalue weighted by Gasteiger charge is -2.04. The zero-order chi connectivity index (χ0) is 11.8. The molecule has 0 bridgehead atoms. The number of Topliss-reactive ketones (excluding diaryl/α,β-unsaturated/α-hetero) is 1. The highest BCUT2D eigenvalue weighted by Crippen LogP contribution is 2.25. The standard InChI is InChI=1S/C13H11FO3/c14-9-4-1-3-8-7-11(17-13(8)9)12(15)10-5-2-6-16-10/h1,3-4,7,10H,2,5-6H2. The molecule has 0 aliphatic carbocycles. The SMILES string of the molecule is O=C(c1cc2cccc(F)c2o1)C1CCCO1. The Morgan fingerprint density at radius 1 is 1.41 bits per heavy atom. The van der Waals surface area contributed by atoms with Crippen LogP contribution in [0.1, 0.15) is 23.4 Å². The average molecular weight is 234 g/mol. The van der Waals surface area contributed by atoms with Gasteiger partial charge in [0, 0.05) is 12.0 Å². The minimum absolute atomic E-state index is 0.133. The summed E-state index contributed by atoms with van der Waals surface area (Å²) in [6, 6.07) is 6.19. The van der Waals surface area contributed by atoms with E-state index < -0.39 is 11.9 Å². The van der Waals surface area contributed by atoms with Crippen molar-refractivity contribution < 1.29 is 18.3 Å². The molecule has 0 N–H and O–H groups in total. The van der Waals surface area contributed by atoms with Gasteiger partial charge >= 0.3 is 0 Å². The molecule has 88 valence electrons. The van der Waals surface area contributed by atoms with E-state index in [1.165, 1.54) is 6.07 Å². The van der Waals surface area contributed by atoms with Crippen molar-refractivity contribution in [2.75, 3.05) is 6.61 Å². The van der Waals surface area contributed by atoms with Crippen molar-refractivity contribution in [3.8, 4) is 0 Å². The second-order valence-electron chi connectivity index (χ2n) is 4.13. The summed E-state index contributed by atoms with van der Waals surface area (Å²) in [5.74, 6) is -0.469. The van der Waals surface area contributed by atoms with Gasteiger partial charge in [-0.1, -0.05) is 12.1 Å². The van der Waals surface area contributed by atoms with Crippen LogP contribution >= 0.6 is 0 Å². The number of ketones is 1. The molecular formula is C13H11FO3. The second-order valence-corrected chi connectivity index (χ2v) is 4.13. The predicted octanol–water partition coefficient (Wildman–Crippen LogP) is 2.93. The number of ether oxygens (including phenoxy) is 1. The van der Waals surface area contributed by atoms with Crippen molar-refractivity contribution in [3.05, 3.63) is 35.8 Å². The van der Waals surface area contributed by atoms with Crippen LogP contribution in [0.4, 0.5) is 4.39 Å². The quantitative estimate of drug-likeness (QED) is 0.750. The van der Waals surface area contributed by atoms with Crippen LogP contribution < -0.4 is 0 Å². The van der Waals surface area contributed by atoms with Crippen molar-refractivity contribution in [2.24, 2.45) is 0 Å². The molecule has 1 atom stereocenters. The molecule has 0 amide bonds. The van der Waals surface area contributed by atoms with Crippen molar-refractivity contribution >= 4 is 16.8 Å². The van der Waals surface area contributed by atoms with E-state index >= 15 is 0 Å². The van der Waals surface area contributed by atoms with Crippen LogP contribution in [0, 0.1) is 5.82 Å². The van der Waals surface area contributed by atoms with E-state index in [1.54, 1.807) is 18.2 Å². The molecule has 2 heterocycles. The number of furan rings is 1. The fourth-order valence-electron chi connectivity index (χ4n) is 2.09. The molecule has 3 nitrogen and oxygen atoms in total. The van der Waals surface area contributed by atoms with Crippen molar-refractivity contribution in [2.45, 2.75) is 18.9 Å². The van der Waals surface area contributed by atoms with Crippen molar-refractivity contribution in [1.29, 1.82) is 0 Å². The summed E-state index contributed by atoms with van der Waals surface area (Å²) < 4.78 is 24.0. The molecule has 1 aliphatic heterocycles. The molecule has 1 aromatic heterocycles. The fraction of sp³-hybridized carbons (Fsp3) is 0.308. The molecule has 0 radical (unpaired) electrons. The molecule has 1 unspecified atom stereocenters. The molecule has 4 heteroatoms. The van der Waals surface area contributed by atoms with Gasteiger partial charge in [-0.05, 0) is 25.0 Å². The summed E-state index contributed by atoms with van der Waals surface area (Å²) in [7, 11) is 0. The Bertz CT molecular complexity index is 567. The van der Waals surface area contributed by atoms with Crippen LogP contribution in [-0.4, -0.2) is 18.5 Å². The van der Waals surface area contributed by atoms with Crippen LogP contribution in [0.2, 0.25) is 0 Å². The van der Waals surface area contributed by atoms with Gasteiger partial charge in [-0.3, -0.25) is 4.79 Å². The van der Waals surface area contributed by atoms with Crippen LogP contribution in [0.5, 0.6) is 0 Å². The molecule has 2 aromatic rings. The van der Waals surface area contributed by atoms with Gasteiger partial charge in [0.2, 0.25) is 5.78 Å². The number of benzene rings is 1. The Kier molecular flexibility index (Phi) is 2.44. The number of fused-ring (bicyclic) bond motifs is 1. The monoisotopic (exact) mass is 234 g/mol. The van der Waals surface area contributed by atoms with Gasteiger partial charge in [-0.25, -0.2) is 4.39 Å².